The fourth-order valence-electron chi connectivity index (χ4n) is 3.84. The van der Waals surface area contributed by atoms with Crippen LogP contribution in [0.3, 0.4) is 0 Å². The molecule has 0 saturated carbocycles. The minimum Gasteiger partial charge on any atom is -0.476 e. The lowest BCUT2D eigenvalue weighted by molar-refractivity contribution is 0.0686. The topological polar surface area (TPSA) is 102 Å². The van der Waals surface area contributed by atoms with Crippen molar-refractivity contribution in [3.63, 3.8) is 0 Å². The Morgan fingerprint density at radius 3 is 2.49 bits per heavy atom. The predicted octanol–water partition coefficient (Wildman–Crippen LogP) is 6.80. The molecule has 0 aliphatic heterocycles. The van der Waals surface area contributed by atoms with Crippen LogP contribution in [-0.2, 0) is 16.3 Å². The van der Waals surface area contributed by atoms with Gasteiger partial charge in [0.15, 0.2) is 15.5 Å². The third kappa shape index (κ3) is 5.88. The predicted molar refractivity (Wildman–Crippen MR) is 150 cm³/mol. The first-order valence-electron chi connectivity index (χ1n) is 11.1. The summed E-state index contributed by atoms with van der Waals surface area (Å²) in [5.41, 5.74) is 2.75. The highest BCUT2D eigenvalue weighted by atomic mass is 35.5. The van der Waals surface area contributed by atoms with Crippen molar-refractivity contribution in [1.82, 2.24) is 14.8 Å². The number of thiazole rings is 1. The molecule has 7 nitrogen and oxygen atoms in total. The van der Waals surface area contributed by atoms with Gasteiger partial charge in [-0.1, -0.05) is 72.7 Å². The average Bonchev–Trinajstić information content (AvgIpc) is 3.36. The molecule has 2 aromatic carbocycles. The second-order valence-corrected chi connectivity index (χ2v) is 14.2. The molecule has 0 atom stereocenters. The maximum absolute atomic E-state index is 12.5. The number of rotatable bonds is 8. The fraction of sp³-hybridized carbons (Fsp3) is 0.240. The van der Waals surface area contributed by atoms with Crippen molar-refractivity contribution in [2.45, 2.75) is 41.5 Å². The molecule has 0 saturated heterocycles. The molecule has 0 bridgehead atoms. The number of aryl methyl sites for hydroxylation is 1. The molecule has 0 fully saturated rings. The van der Waals surface area contributed by atoms with Crippen LogP contribution in [0.15, 0.2) is 51.6 Å². The van der Waals surface area contributed by atoms with E-state index in [1.165, 1.54) is 22.1 Å². The van der Waals surface area contributed by atoms with E-state index in [0.29, 0.717) is 37.7 Å². The molecule has 1 N–H and O–H groups in total. The van der Waals surface area contributed by atoms with E-state index in [1.807, 2.05) is 6.07 Å². The lowest BCUT2D eigenvalue weighted by Crippen LogP contribution is -2.11. The molecule has 12 heteroatoms. The van der Waals surface area contributed by atoms with Crippen LogP contribution in [0.25, 0.3) is 16.4 Å². The second kappa shape index (κ2) is 10.8. The molecule has 194 valence electrons. The van der Waals surface area contributed by atoms with Crippen molar-refractivity contribution in [3.8, 4) is 16.4 Å². The summed E-state index contributed by atoms with van der Waals surface area (Å²) >= 11 is 15.3. The number of carboxylic acids is 1. The van der Waals surface area contributed by atoms with Crippen molar-refractivity contribution in [2.24, 2.45) is 0 Å². The van der Waals surface area contributed by atoms with Crippen molar-refractivity contribution in [2.75, 3.05) is 6.26 Å². The van der Waals surface area contributed by atoms with E-state index in [1.54, 1.807) is 49.0 Å². The van der Waals surface area contributed by atoms with Gasteiger partial charge in [-0.15, -0.1) is 11.8 Å². The normalized spacial score (nSPS) is 11.9. The standard InChI is InChI=1S/C25H23Cl2N3O4S3/c1-13(2)35-24-21(16-9-10-18(26)19(27)12-16)28-25(36-24)30-22(23(31)32)17(14(3)29-30)11-15-7-5-6-8-20(15)37(4,33)34/h5-10,12-13H,11H2,1-4H3,(H,31,32). The molecule has 4 aromatic rings. The maximum Gasteiger partial charge on any atom is 0.355 e. The zero-order valence-corrected chi connectivity index (χ0v) is 24.3. The minimum atomic E-state index is -3.50. The third-order valence-electron chi connectivity index (χ3n) is 5.43. The molecule has 0 unspecified atom stereocenters. The number of halogens is 2. The average molecular weight is 597 g/mol. The quantitative estimate of drug-likeness (QED) is 0.223. The van der Waals surface area contributed by atoms with Crippen LogP contribution in [-0.4, -0.2) is 45.8 Å². The summed E-state index contributed by atoms with van der Waals surface area (Å²) in [5, 5.41) is 16.2. The number of carboxylic acid groups (broad SMARTS) is 1. The van der Waals surface area contributed by atoms with E-state index in [4.69, 9.17) is 28.2 Å². The number of benzene rings is 2. The van der Waals surface area contributed by atoms with Gasteiger partial charge in [-0.2, -0.15) is 9.78 Å². The van der Waals surface area contributed by atoms with Gasteiger partial charge in [-0.25, -0.2) is 18.2 Å². The SMILES string of the molecule is Cc1nn(-c2nc(-c3ccc(Cl)c(Cl)c3)c(SC(C)C)s2)c(C(=O)O)c1Cc1ccccc1S(C)(=O)=O. The van der Waals surface area contributed by atoms with Gasteiger partial charge in [-0.05, 0) is 30.7 Å². The first-order chi connectivity index (χ1) is 17.4. The summed E-state index contributed by atoms with van der Waals surface area (Å²) in [6.07, 6.45) is 1.23. The molecule has 2 heterocycles. The van der Waals surface area contributed by atoms with Crippen LogP contribution < -0.4 is 0 Å². The van der Waals surface area contributed by atoms with Crippen LogP contribution in [0.2, 0.25) is 10.0 Å². The van der Waals surface area contributed by atoms with E-state index in [9.17, 15) is 18.3 Å². The van der Waals surface area contributed by atoms with E-state index >= 15 is 0 Å². The Balaban J connectivity index is 1.87. The molecular weight excluding hydrogens is 573 g/mol. The Labute approximate surface area is 233 Å². The fourth-order valence-corrected chi connectivity index (χ4v) is 7.56. The Morgan fingerprint density at radius 1 is 1.16 bits per heavy atom. The van der Waals surface area contributed by atoms with Crippen LogP contribution in [0, 0.1) is 6.92 Å². The van der Waals surface area contributed by atoms with E-state index in [2.05, 4.69) is 18.9 Å². The number of hydrogen-bond acceptors (Lipinski definition) is 7. The summed E-state index contributed by atoms with van der Waals surface area (Å²) in [7, 11) is -3.50. The van der Waals surface area contributed by atoms with Crippen molar-refractivity contribution >= 4 is 62.1 Å². The van der Waals surface area contributed by atoms with Gasteiger partial charge < -0.3 is 5.11 Å². The number of thioether (sulfide) groups is 1. The van der Waals surface area contributed by atoms with E-state index in [0.717, 1.165) is 16.0 Å². The van der Waals surface area contributed by atoms with Crippen LogP contribution >= 0.6 is 46.3 Å². The van der Waals surface area contributed by atoms with Crippen LogP contribution in [0.1, 0.15) is 41.2 Å². The molecular formula is C25H23Cl2N3O4S3. The largest absolute Gasteiger partial charge is 0.476 e. The van der Waals surface area contributed by atoms with Crippen LogP contribution in [0.4, 0.5) is 0 Å². The number of nitrogens with zero attached hydrogens (tertiary/aromatic N) is 3. The lowest BCUT2D eigenvalue weighted by atomic mass is 10.0. The summed E-state index contributed by atoms with van der Waals surface area (Å²) in [6.45, 7) is 5.82. The highest BCUT2D eigenvalue weighted by Gasteiger charge is 2.27. The highest BCUT2D eigenvalue weighted by Crippen LogP contribution is 2.41. The number of aromatic nitrogens is 3. The van der Waals surface area contributed by atoms with Gasteiger partial charge >= 0.3 is 5.97 Å². The van der Waals surface area contributed by atoms with E-state index in [-0.39, 0.29) is 22.3 Å². The molecule has 37 heavy (non-hydrogen) atoms. The second-order valence-electron chi connectivity index (χ2n) is 8.61. The maximum atomic E-state index is 12.5. The Bertz CT molecular complexity index is 1610. The molecule has 0 amide bonds. The van der Waals surface area contributed by atoms with Crippen LogP contribution in [0.5, 0.6) is 0 Å². The monoisotopic (exact) mass is 595 g/mol. The number of hydrogen-bond donors (Lipinski definition) is 1. The van der Waals surface area contributed by atoms with Gasteiger partial charge in [-0.3, -0.25) is 0 Å². The Morgan fingerprint density at radius 2 is 1.86 bits per heavy atom. The number of aromatic carboxylic acids is 1. The van der Waals surface area contributed by atoms with Gasteiger partial charge in [0.25, 0.3) is 0 Å². The molecule has 2 aromatic heterocycles. The number of carbonyl (C=O) groups is 1. The molecule has 0 aliphatic rings. The smallest absolute Gasteiger partial charge is 0.355 e. The lowest BCUT2D eigenvalue weighted by Gasteiger charge is -2.08. The first-order valence-corrected chi connectivity index (χ1v) is 15.4. The van der Waals surface area contributed by atoms with Crippen molar-refractivity contribution < 1.29 is 18.3 Å². The molecule has 0 aliphatic carbocycles. The van der Waals surface area contributed by atoms with Gasteiger partial charge in [0, 0.05) is 29.1 Å². The first kappa shape index (κ1) is 27.7. The summed E-state index contributed by atoms with van der Waals surface area (Å²) in [4.78, 5) is 17.4. The molecule has 0 radical (unpaired) electrons. The highest BCUT2D eigenvalue weighted by molar-refractivity contribution is 8.01. The van der Waals surface area contributed by atoms with Gasteiger partial charge in [0.2, 0.25) is 5.13 Å². The third-order valence-corrected chi connectivity index (χ3v) is 9.61. The van der Waals surface area contributed by atoms with E-state index < -0.39 is 15.8 Å². The summed E-state index contributed by atoms with van der Waals surface area (Å²) in [6, 6.07) is 11.8. The summed E-state index contributed by atoms with van der Waals surface area (Å²) < 4.78 is 26.8. The van der Waals surface area contributed by atoms with Gasteiger partial charge in [0.1, 0.15) is 0 Å². The Hall–Kier alpha value is -2.37. The zero-order chi connectivity index (χ0) is 27.1. The van der Waals surface area contributed by atoms with Gasteiger partial charge in [0.05, 0.1) is 30.5 Å². The Kier molecular flexibility index (Phi) is 8.06. The molecule has 0 spiro atoms. The minimum absolute atomic E-state index is 0.0589. The van der Waals surface area contributed by atoms with Crippen molar-refractivity contribution in [3.05, 3.63) is 75.0 Å². The zero-order valence-electron chi connectivity index (χ0n) is 20.3. The number of sulfone groups is 1. The summed E-state index contributed by atoms with van der Waals surface area (Å²) in [5.74, 6) is -1.18. The molecule has 4 rings (SSSR count). The van der Waals surface area contributed by atoms with Crippen molar-refractivity contribution in [1.29, 1.82) is 0 Å².